The van der Waals surface area contributed by atoms with E-state index in [1.54, 1.807) is 6.08 Å². The molecule has 2 aromatic rings. The van der Waals surface area contributed by atoms with Crippen LogP contribution in [0.25, 0.3) is 17.0 Å². The van der Waals surface area contributed by atoms with Gasteiger partial charge in [-0.25, -0.2) is 4.79 Å². The summed E-state index contributed by atoms with van der Waals surface area (Å²) in [4.78, 5) is 14.0. The summed E-state index contributed by atoms with van der Waals surface area (Å²) in [6.45, 7) is 3.69. The second kappa shape index (κ2) is 5.71. The van der Waals surface area contributed by atoms with Crippen molar-refractivity contribution in [2.75, 3.05) is 0 Å². The van der Waals surface area contributed by atoms with Gasteiger partial charge in [-0.1, -0.05) is 18.2 Å². The van der Waals surface area contributed by atoms with E-state index in [4.69, 9.17) is 10.4 Å². The number of nitriles is 1. The molecule has 0 saturated heterocycles. The predicted octanol–water partition coefficient (Wildman–Crippen LogP) is 3.29. The zero-order valence-corrected chi connectivity index (χ0v) is 12.0. The number of benzene rings is 1. The van der Waals surface area contributed by atoms with Crippen molar-refractivity contribution in [3.8, 4) is 6.07 Å². The lowest BCUT2D eigenvalue weighted by Crippen LogP contribution is -2.44. The highest BCUT2D eigenvalue weighted by atomic mass is 16.4. The molecule has 0 unspecified atom stereocenters. The molecule has 21 heavy (non-hydrogen) atoms. The number of aromatic amines is 1. The van der Waals surface area contributed by atoms with Gasteiger partial charge in [0.25, 0.3) is 0 Å². The highest BCUT2D eigenvalue weighted by molar-refractivity contribution is 5.90. The van der Waals surface area contributed by atoms with Crippen molar-refractivity contribution in [2.45, 2.75) is 25.8 Å². The van der Waals surface area contributed by atoms with E-state index in [9.17, 15) is 4.79 Å². The molecule has 0 bridgehead atoms. The monoisotopic (exact) mass is 283 g/mol. The first-order chi connectivity index (χ1) is 9.93. The maximum Gasteiger partial charge on any atom is 0.405 e. The maximum atomic E-state index is 10.8. The van der Waals surface area contributed by atoms with Gasteiger partial charge in [0.1, 0.15) is 0 Å². The summed E-state index contributed by atoms with van der Waals surface area (Å²) in [6, 6.07) is 7.82. The molecule has 1 aromatic carbocycles. The Morgan fingerprint density at radius 3 is 2.95 bits per heavy atom. The number of rotatable bonds is 4. The number of carboxylic acid groups (broad SMARTS) is 1. The normalized spacial score (nSPS) is 11.7. The molecule has 3 N–H and O–H groups in total. The molecule has 0 aliphatic rings. The third-order valence-electron chi connectivity index (χ3n) is 3.25. The number of amides is 1. The van der Waals surface area contributed by atoms with E-state index in [0.717, 1.165) is 22.0 Å². The third kappa shape index (κ3) is 3.42. The summed E-state index contributed by atoms with van der Waals surface area (Å²) < 4.78 is 0. The van der Waals surface area contributed by atoms with Crippen molar-refractivity contribution in [1.29, 1.82) is 5.26 Å². The van der Waals surface area contributed by atoms with Crippen LogP contribution in [-0.4, -0.2) is 21.7 Å². The number of H-pyrrole nitrogens is 1. The highest BCUT2D eigenvalue weighted by Gasteiger charge is 2.22. The number of hydrogen-bond donors (Lipinski definition) is 3. The number of para-hydroxylation sites is 1. The molecule has 108 valence electrons. The Balaban J connectivity index is 2.37. The minimum atomic E-state index is -1.03. The molecule has 0 atom stereocenters. The van der Waals surface area contributed by atoms with Crippen LogP contribution in [0.3, 0.4) is 0 Å². The summed E-state index contributed by atoms with van der Waals surface area (Å²) in [5.41, 5.74) is 2.37. The van der Waals surface area contributed by atoms with Gasteiger partial charge >= 0.3 is 6.09 Å². The van der Waals surface area contributed by atoms with Crippen LogP contribution >= 0.6 is 0 Å². The quantitative estimate of drug-likeness (QED) is 0.752. The van der Waals surface area contributed by atoms with E-state index < -0.39 is 11.6 Å². The summed E-state index contributed by atoms with van der Waals surface area (Å²) in [6.07, 6.45) is 4.62. The number of carbonyl (C=O) groups is 1. The SMILES string of the molecule is CC(C)(Cc1c[nH]c2c(C=CC#N)cccc12)NC(=O)O. The number of aromatic nitrogens is 1. The van der Waals surface area contributed by atoms with E-state index in [1.807, 2.05) is 44.3 Å². The van der Waals surface area contributed by atoms with Crippen LogP contribution in [0, 0.1) is 11.3 Å². The van der Waals surface area contributed by atoms with E-state index in [1.165, 1.54) is 6.08 Å². The first kappa shape index (κ1) is 14.7. The first-order valence-corrected chi connectivity index (χ1v) is 6.59. The Morgan fingerprint density at radius 2 is 2.29 bits per heavy atom. The maximum absolute atomic E-state index is 10.8. The average Bonchev–Trinajstić information content (AvgIpc) is 2.78. The third-order valence-corrected chi connectivity index (χ3v) is 3.25. The van der Waals surface area contributed by atoms with Crippen LogP contribution in [0.15, 0.2) is 30.5 Å². The number of allylic oxidation sites excluding steroid dienone is 1. The second-order valence-corrected chi connectivity index (χ2v) is 5.54. The zero-order chi connectivity index (χ0) is 15.5. The molecule has 0 radical (unpaired) electrons. The molecule has 0 spiro atoms. The summed E-state index contributed by atoms with van der Waals surface area (Å²) in [5.74, 6) is 0. The lowest BCUT2D eigenvalue weighted by Gasteiger charge is -2.24. The van der Waals surface area contributed by atoms with Gasteiger partial charge in [-0.05, 0) is 37.5 Å². The summed E-state index contributed by atoms with van der Waals surface area (Å²) in [7, 11) is 0. The molecule has 5 nitrogen and oxygen atoms in total. The van der Waals surface area contributed by atoms with Gasteiger partial charge in [-0.3, -0.25) is 0 Å². The molecule has 1 amide bonds. The summed E-state index contributed by atoms with van der Waals surface area (Å²) in [5, 5.41) is 21.1. The molecule has 1 aromatic heterocycles. The Kier molecular flexibility index (Phi) is 3.99. The van der Waals surface area contributed by atoms with Crippen molar-refractivity contribution in [3.63, 3.8) is 0 Å². The molecule has 2 rings (SSSR count). The minimum absolute atomic E-state index is 0.556. The van der Waals surface area contributed by atoms with E-state index in [2.05, 4.69) is 10.3 Å². The molecule has 5 heteroatoms. The van der Waals surface area contributed by atoms with Crippen molar-refractivity contribution >= 4 is 23.1 Å². The van der Waals surface area contributed by atoms with E-state index in [0.29, 0.717) is 6.42 Å². The van der Waals surface area contributed by atoms with Gasteiger partial charge < -0.3 is 15.4 Å². The van der Waals surface area contributed by atoms with Crippen LogP contribution < -0.4 is 5.32 Å². The molecule has 0 fully saturated rings. The molecular formula is C16H17N3O2. The zero-order valence-electron chi connectivity index (χ0n) is 12.0. The molecule has 1 heterocycles. The fourth-order valence-electron chi connectivity index (χ4n) is 2.46. The Bertz CT molecular complexity index is 736. The Hall–Kier alpha value is -2.74. The highest BCUT2D eigenvalue weighted by Crippen LogP contribution is 2.25. The number of nitrogens with zero attached hydrogens (tertiary/aromatic N) is 1. The van der Waals surface area contributed by atoms with Gasteiger partial charge in [0.05, 0.1) is 11.6 Å². The van der Waals surface area contributed by atoms with Gasteiger partial charge in [0.15, 0.2) is 0 Å². The van der Waals surface area contributed by atoms with Gasteiger partial charge in [0, 0.05) is 23.2 Å². The molecule has 0 aliphatic carbocycles. The van der Waals surface area contributed by atoms with Crippen molar-refractivity contribution in [3.05, 3.63) is 41.6 Å². The molecular weight excluding hydrogens is 266 g/mol. The number of hydrogen-bond acceptors (Lipinski definition) is 2. The average molecular weight is 283 g/mol. The first-order valence-electron chi connectivity index (χ1n) is 6.59. The fraction of sp³-hybridized carbons (Fsp3) is 0.250. The van der Waals surface area contributed by atoms with Crippen LogP contribution in [0.5, 0.6) is 0 Å². The minimum Gasteiger partial charge on any atom is -0.465 e. The van der Waals surface area contributed by atoms with Gasteiger partial charge in [-0.15, -0.1) is 0 Å². The van der Waals surface area contributed by atoms with Crippen LogP contribution in [0.2, 0.25) is 0 Å². The van der Waals surface area contributed by atoms with E-state index >= 15 is 0 Å². The van der Waals surface area contributed by atoms with Gasteiger partial charge in [-0.2, -0.15) is 5.26 Å². The second-order valence-electron chi connectivity index (χ2n) is 5.54. The van der Waals surface area contributed by atoms with Crippen molar-refractivity contribution < 1.29 is 9.90 Å². The summed E-state index contributed by atoms with van der Waals surface area (Å²) >= 11 is 0. The van der Waals surface area contributed by atoms with Crippen LogP contribution in [0.1, 0.15) is 25.0 Å². The topological polar surface area (TPSA) is 88.9 Å². The standard InChI is InChI=1S/C16H17N3O2/c1-16(2,19-15(20)21)9-12-10-18-14-11(6-4-8-17)5-3-7-13(12)14/h3-7,10,18-19H,9H2,1-2H3,(H,20,21). The number of fused-ring (bicyclic) bond motifs is 1. The van der Waals surface area contributed by atoms with Crippen molar-refractivity contribution in [2.24, 2.45) is 0 Å². The molecule has 0 aliphatic heterocycles. The van der Waals surface area contributed by atoms with Crippen LogP contribution in [0.4, 0.5) is 4.79 Å². The van der Waals surface area contributed by atoms with Crippen molar-refractivity contribution in [1.82, 2.24) is 10.3 Å². The predicted molar refractivity (Wildman–Crippen MR) is 81.9 cm³/mol. The lowest BCUT2D eigenvalue weighted by atomic mass is 9.94. The fourth-order valence-corrected chi connectivity index (χ4v) is 2.46. The lowest BCUT2D eigenvalue weighted by molar-refractivity contribution is 0.182. The van der Waals surface area contributed by atoms with E-state index in [-0.39, 0.29) is 0 Å². The molecule has 0 saturated carbocycles. The number of nitrogens with one attached hydrogen (secondary N) is 2. The largest absolute Gasteiger partial charge is 0.465 e. The Labute approximate surface area is 122 Å². The Morgan fingerprint density at radius 1 is 1.52 bits per heavy atom. The van der Waals surface area contributed by atoms with Gasteiger partial charge in [0.2, 0.25) is 0 Å². The van der Waals surface area contributed by atoms with Crippen LogP contribution in [-0.2, 0) is 6.42 Å². The smallest absolute Gasteiger partial charge is 0.405 e.